The lowest BCUT2D eigenvalue weighted by Gasteiger charge is -2.36. The molecular formula is C7H14NO-. The van der Waals surface area contributed by atoms with Crippen molar-refractivity contribution in [3.8, 4) is 0 Å². The topological polar surface area (TPSA) is 34.3 Å². The number of rotatable bonds is 1. The normalized spacial score (nSPS) is 36.7. The Hall–Kier alpha value is -0.0800. The van der Waals surface area contributed by atoms with E-state index in [1.165, 1.54) is 12.8 Å². The largest absolute Gasteiger partial charge is 0.660 e. The van der Waals surface area contributed by atoms with Crippen molar-refractivity contribution in [2.45, 2.75) is 37.8 Å². The van der Waals surface area contributed by atoms with Crippen LogP contribution in [0.15, 0.2) is 0 Å². The van der Waals surface area contributed by atoms with Crippen molar-refractivity contribution in [3.63, 3.8) is 0 Å². The molecule has 0 heterocycles. The molecule has 54 valence electrons. The van der Waals surface area contributed by atoms with Crippen molar-refractivity contribution in [2.75, 3.05) is 7.05 Å². The standard InChI is InChI=1S/C7H14NO/c1-8-6-4-2-3-5-7(6)9/h6-7,9H,2-5H2,1H3/q-1. The summed E-state index contributed by atoms with van der Waals surface area (Å²) in [5, 5.41) is 13.4. The van der Waals surface area contributed by atoms with Gasteiger partial charge in [-0.3, -0.25) is 0 Å². The van der Waals surface area contributed by atoms with Crippen LogP contribution in [-0.4, -0.2) is 24.3 Å². The van der Waals surface area contributed by atoms with Crippen molar-refractivity contribution in [1.82, 2.24) is 0 Å². The van der Waals surface area contributed by atoms with E-state index >= 15 is 0 Å². The molecule has 0 amide bonds. The van der Waals surface area contributed by atoms with Crippen LogP contribution in [0.4, 0.5) is 0 Å². The van der Waals surface area contributed by atoms with E-state index in [-0.39, 0.29) is 12.1 Å². The third-order valence-corrected chi connectivity index (χ3v) is 2.03. The summed E-state index contributed by atoms with van der Waals surface area (Å²) >= 11 is 0. The summed E-state index contributed by atoms with van der Waals surface area (Å²) < 4.78 is 0. The minimum atomic E-state index is -0.149. The molecule has 1 rings (SSSR count). The Bertz CT molecular complexity index is 85.0. The molecule has 0 spiro atoms. The Labute approximate surface area is 56.3 Å². The number of aliphatic hydroxyl groups excluding tert-OH is 1. The fourth-order valence-corrected chi connectivity index (χ4v) is 1.39. The van der Waals surface area contributed by atoms with Crippen LogP contribution in [0.3, 0.4) is 0 Å². The van der Waals surface area contributed by atoms with Crippen molar-refractivity contribution in [3.05, 3.63) is 5.32 Å². The quantitative estimate of drug-likeness (QED) is 0.567. The SMILES string of the molecule is C[N-]C1CCCCC1O. The predicted octanol–water partition coefficient (Wildman–Crippen LogP) is 1.29. The minimum Gasteiger partial charge on any atom is -0.660 e. The molecule has 2 heteroatoms. The van der Waals surface area contributed by atoms with Crippen molar-refractivity contribution in [1.29, 1.82) is 0 Å². The van der Waals surface area contributed by atoms with E-state index in [2.05, 4.69) is 5.32 Å². The second-order valence-electron chi connectivity index (χ2n) is 2.68. The van der Waals surface area contributed by atoms with Gasteiger partial charge in [0.25, 0.3) is 0 Å². The summed E-state index contributed by atoms with van der Waals surface area (Å²) in [6.07, 6.45) is 4.29. The molecule has 1 aliphatic carbocycles. The molecule has 1 saturated carbocycles. The first-order valence-corrected chi connectivity index (χ1v) is 3.61. The number of aliphatic hydroxyl groups is 1. The molecule has 1 aliphatic rings. The van der Waals surface area contributed by atoms with Crippen LogP contribution >= 0.6 is 0 Å². The van der Waals surface area contributed by atoms with Gasteiger partial charge in [0.2, 0.25) is 0 Å². The summed E-state index contributed by atoms with van der Waals surface area (Å²) in [5.74, 6) is 0. The predicted molar refractivity (Wildman–Crippen MR) is 37.5 cm³/mol. The summed E-state index contributed by atoms with van der Waals surface area (Å²) in [5.41, 5.74) is 0. The highest BCUT2D eigenvalue weighted by molar-refractivity contribution is 4.94. The highest BCUT2D eigenvalue weighted by atomic mass is 16.3. The molecule has 0 aromatic heterocycles. The van der Waals surface area contributed by atoms with Gasteiger partial charge in [-0.2, -0.15) is 7.05 Å². The number of likely N-dealkylation sites (N-methyl/N-ethyl adjacent to an activating group) is 1. The van der Waals surface area contributed by atoms with E-state index in [9.17, 15) is 5.11 Å². The minimum absolute atomic E-state index is 0.149. The third-order valence-electron chi connectivity index (χ3n) is 2.03. The van der Waals surface area contributed by atoms with Gasteiger partial charge >= 0.3 is 0 Å². The summed E-state index contributed by atoms with van der Waals surface area (Å²) in [7, 11) is 1.79. The lowest BCUT2D eigenvalue weighted by atomic mass is 9.93. The molecule has 1 N–H and O–H groups in total. The van der Waals surface area contributed by atoms with Crippen LogP contribution < -0.4 is 0 Å². The van der Waals surface area contributed by atoms with E-state index in [1.54, 1.807) is 7.05 Å². The fourth-order valence-electron chi connectivity index (χ4n) is 1.39. The second kappa shape index (κ2) is 3.18. The summed E-state index contributed by atoms with van der Waals surface area (Å²) in [6, 6.07) is 0.235. The van der Waals surface area contributed by atoms with Crippen LogP contribution in [0.1, 0.15) is 25.7 Å². The zero-order valence-corrected chi connectivity index (χ0v) is 5.88. The molecule has 0 aromatic carbocycles. The first-order chi connectivity index (χ1) is 4.34. The zero-order valence-electron chi connectivity index (χ0n) is 5.88. The average molecular weight is 128 g/mol. The first-order valence-electron chi connectivity index (χ1n) is 3.61. The van der Waals surface area contributed by atoms with Crippen LogP contribution in [0.5, 0.6) is 0 Å². The van der Waals surface area contributed by atoms with Crippen LogP contribution in [-0.2, 0) is 0 Å². The highest BCUT2D eigenvalue weighted by Gasteiger charge is 2.13. The lowest BCUT2D eigenvalue weighted by molar-refractivity contribution is 0.120. The Morgan fingerprint density at radius 3 is 2.44 bits per heavy atom. The van der Waals surface area contributed by atoms with E-state index < -0.39 is 0 Å². The van der Waals surface area contributed by atoms with Crippen molar-refractivity contribution in [2.24, 2.45) is 0 Å². The van der Waals surface area contributed by atoms with Gasteiger partial charge in [-0.05, 0) is 6.42 Å². The molecule has 0 radical (unpaired) electrons. The summed E-state index contributed by atoms with van der Waals surface area (Å²) in [6.45, 7) is 0. The molecular weight excluding hydrogens is 114 g/mol. The maximum atomic E-state index is 9.28. The smallest absolute Gasteiger partial charge is 0.0380 e. The van der Waals surface area contributed by atoms with E-state index in [0.29, 0.717) is 0 Å². The van der Waals surface area contributed by atoms with E-state index in [4.69, 9.17) is 0 Å². The monoisotopic (exact) mass is 128 g/mol. The van der Waals surface area contributed by atoms with Crippen molar-refractivity contribution < 1.29 is 5.11 Å². The van der Waals surface area contributed by atoms with E-state index in [1.807, 2.05) is 0 Å². The van der Waals surface area contributed by atoms with Gasteiger partial charge < -0.3 is 10.4 Å². The molecule has 2 unspecified atom stereocenters. The molecule has 2 atom stereocenters. The van der Waals surface area contributed by atoms with Gasteiger partial charge in [0.05, 0.1) is 0 Å². The van der Waals surface area contributed by atoms with Gasteiger partial charge in [-0.1, -0.05) is 19.3 Å². The molecule has 0 bridgehead atoms. The number of nitrogens with zero attached hydrogens (tertiary/aromatic N) is 1. The Morgan fingerprint density at radius 1 is 1.33 bits per heavy atom. The maximum Gasteiger partial charge on any atom is 0.0380 e. The third kappa shape index (κ3) is 1.66. The number of hydrogen-bond acceptors (Lipinski definition) is 1. The fraction of sp³-hybridized carbons (Fsp3) is 1.00. The van der Waals surface area contributed by atoms with Crippen LogP contribution in [0.25, 0.3) is 5.32 Å². The van der Waals surface area contributed by atoms with Gasteiger partial charge in [0.15, 0.2) is 0 Å². The average Bonchev–Trinajstić information content (AvgIpc) is 1.89. The molecule has 0 aromatic rings. The molecule has 9 heavy (non-hydrogen) atoms. The molecule has 0 saturated heterocycles. The highest BCUT2D eigenvalue weighted by Crippen LogP contribution is 2.22. The maximum absolute atomic E-state index is 9.28. The van der Waals surface area contributed by atoms with Gasteiger partial charge in [0.1, 0.15) is 0 Å². The molecule has 1 fully saturated rings. The van der Waals surface area contributed by atoms with Gasteiger partial charge in [-0.15, -0.1) is 6.04 Å². The molecule has 2 nitrogen and oxygen atoms in total. The Kier molecular flexibility index (Phi) is 2.49. The van der Waals surface area contributed by atoms with Gasteiger partial charge in [0, 0.05) is 6.10 Å². The van der Waals surface area contributed by atoms with Crippen molar-refractivity contribution >= 4 is 0 Å². The summed E-state index contributed by atoms with van der Waals surface area (Å²) in [4.78, 5) is 0. The lowest BCUT2D eigenvalue weighted by Crippen LogP contribution is -2.28. The van der Waals surface area contributed by atoms with Gasteiger partial charge in [-0.25, -0.2) is 0 Å². The van der Waals surface area contributed by atoms with Crippen LogP contribution in [0, 0.1) is 0 Å². The van der Waals surface area contributed by atoms with Crippen LogP contribution in [0.2, 0.25) is 0 Å². The zero-order chi connectivity index (χ0) is 6.69. The first kappa shape index (κ1) is 7.03. The number of hydrogen-bond donors (Lipinski definition) is 1. The Morgan fingerprint density at radius 2 is 2.00 bits per heavy atom. The van der Waals surface area contributed by atoms with E-state index in [0.717, 1.165) is 12.8 Å². The second-order valence-corrected chi connectivity index (χ2v) is 2.68. The molecule has 0 aliphatic heterocycles. The Balaban J connectivity index is 2.30.